The first kappa shape index (κ1) is 19.0. The van der Waals surface area contributed by atoms with Gasteiger partial charge in [0.2, 0.25) is 0 Å². The lowest BCUT2D eigenvalue weighted by Crippen LogP contribution is -2.52. The van der Waals surface area contributed by atoms with Crippen molar-refractivity contribution in [2.24, 2.45) is 0 Å². The molecule has 1 rings (SSSR count). The molecule has 0 heterocycles. The fourth-order valence-electron chi connectivity index (χ4n) is 1.25. The largest absolute Gasteiger partial charge is 0.743 e. The van der Waals surface area contributed by atoms with Crippen LogP contribution in [-0.2, 0) is 14.9 Å². The number of carbonyl (C=O) groups is 1. The SMILES string of the molecule is O=C(OC(C(F)(F)F)C(F)(F)S(=O)(=O)[O-])c1cccc(I)c1. The fraction of sp³-hybridized carbons (Fsp3) is 0.300. The molecule has 1 atom stereocenters. The van der Waals surface area contributed by atoms with Crippen LogP contribution in [0.25, 0.3) is 0 Å². The van der Waals surface area contributed by atoms with Gasteiger partial charge in [0.1, 0.15) is 0 Å². The summed E-state index contributed by atoms with van der Waals surface area (Å²) in [5.74, 6) is -1.84. The van der Waals surface area contributed by atoms with Gasteiger partial charge in [-0.05, 0) is 40.8 Å². The van der Waals surface area contributed by atoms with Gasteiger partial charge in [0.05, 0.1) is 5.56 Å². The van der Waals surface area contributed by atoms with Crippen molar-refractivity contribution in [1.29, 1.82) is 0 Å². The van der Waals surface area contributed by atoms with Crippen molar-refractivity contribution >= 4 is 38.7 Å². The molecule has 124 valence electrons. The highest BCUT2D eigenvalue weighted by atomic mass is 127. The lowest BCUT2D eigenvalue weighted by atomic mass is 10.2. The molecule has 5 nitrogen and oxygen atoms in total. The van der Waals surface area contributed by atoms with E-state index in [2.05, 4.69) is 4.74 Å². The summed E-state index contributed by atoms with van der Waals surface area (Å²) >= 11 is 1.69. The first-order valence-corrected chi connectivity index (χ1v) is 7.62. The first-order valence-electron chi connectivity index (χ1n) is 5.13. The molecule has 12 heteroatoms. The Morgan fingerprint density at radius 3 is 2.18 bits per heavy atom. The topological polar surface area (TPSA) is 83.5 Å². The summed E-state index contributed by atoms with van der Waals surface area (Å²) in [4.78, 5) is 11.5. The highest BCUT2D eigenvalue weighted by Gasteiger charge is 2.62. The van der Waals surface area contributed by atoms with E-state index >= 15 is 0 Å². The summed E-state index contributed by atoms with van der Waals surface area (Å²) in [5.41, 5.74) is -0.514. The van der Waals surface area contributed by atoms with Crippen LogP contribution in [0.3, 0.4) is 0 Å². The molecule has 1 unspecified atom stereocenters. The molecule has 0 aliphatic carbocycles. The van der Waals surface area contributed by atoms with Crippen LogP contribution in [-0.4, -0.2) is 36.5 Å². The number of hydrogen-bond acceptors (Lipinski definition) is 5. The molecule has 1 aromatic carbocycles. The van der Waals surface area contributed by atoms with E-state index in [4.69, 9.17) is 0 Å². The van der Waals surface area contributed by atoms with Gasteiger partial charge in [0, 0.05) is 3.57 Å². The third-order valence-corrected chi connectivity index (χ3v) is 3.77. The van der Waals surface area contributed by atoms with Gasteiger partial charge in [-0.1, -0.05) is 6.07 Å². The maximum Gasteiger partial charge on any atom is 0.432 e. The fourth-order valence-corrected chi connectivity index (χ4v) is 2.23. The van der Waals surface area contributed by atoms with Crippen molar-refractivity contribution < 1.29 is 44.5 Å². The lowest BCUT2D eigenvalue weighted by Gasteiger charge is -2.29. The number of rotatable bonds is 4. The van der Waals surface area contributed by atoms with Gasteiger partial charge in [-0.2, -0.15) is 22.0 Å². The van der Waals surface area contributed by atoms with Crippen LogP contribution in [0.5, 0.6) is 0 Å². The Morgan fingerprint density at radius 1 is 1.23 bits per heavy atom. The van der Waals surface area contributed by atoms with Gasteiger partial charge in [0.15, 0.2) is 10.1 Å². The number of esters is 1. The van der Waals surface area contributed by atoms with Crippen molar-refractivity contribution in [2.45, 2.75) is 17.5 Å². The smallest absolute Gasteiger partial charge is 0.432 e. The minimum atomic E-state index is -6.70. The zero-order chi connectivity index (χ0) is 17.3. The molecule has 0 bridgehead atoms. The molecular weight excluding hydrogens is 454 g/mol. The van der Waals surface area contributed by atoms with Crippen LogP contribution in [0.2, 0.25) is 0 Å². The summed E-state index contributed by atoms with van der Waals surface area (Å²) in [7, 11) is -6.70. The summed E-state index contributed by atoms with van der Waals surface area (Å²) in [5, 5.41) is -5.86. The standard InChI is InChI=1S/C10H6F5IO5S/c11-9(12,13)8(10(14,15)22(18,19)20)21-7(17)5-2-1-3-6(16)4-5/h1-4,8H,(H,18,19,20)/p-1. The highest BCUT2D eigenvalue weighted by molar-refractivity contribution is 14.1. The van der Waals surface area contributed by atoms with E-state index in [0.29, 0.717) is 3.57 Å². The number of benzene rings is 1. The molecular formula is C10H5F5IO5S-. The molecule has 0 spiro atoms. The van der Waals surface area contributed by atoms with Gasteiger partial charge < -0.3 is 9.29 Å². The average Bonchev–Trinajstić information content (AvgIpc) is 2.32. The zero-order valence-corrected chi connectivity index (χ0v) is 13.1. The molecule has 0 aliphatic heterocycles. The average molecular weight is 459 g/mol. The van der Waals surface area contributed by atoms with E-state index in [1.54, 1.807) is 22.6 Å². The summed E-state index contributed by atoms with van der Waals surface area (Å²) in [6.45, 7) is 0. The molecule has 0 saturated carbocycles. The van der Waals surface area contributed by atoms with Crippen LogP contribution in [0, 0.1) is 3.57 Å². The summed E-state index contributed by atoms with van der Waals surface area (Å²) in [6.07, 6.45) is -10.4. The molecule has 0 radical (unpaired) electrons. The second-order valence-electron chi connectivity index (χ2n) is 3.85. The number of alkyl halides is 5. The van der Waals surface area contributed by atoms with E-state index < -0.39 is 39.2 Å². The van der Waals surface area contributed by atoms with Crippen molar-refractivity contribution in [3.8, 4) is 0 Å². The minimum Gasteiger partial charge on any atom is -0.743 e. The Balaban J connectivity index is 3.19. The van der Waals surface area contributed by atoms with Gasteiger partial charge in [-0.3, -0.25) is 0 Å². The second-order valence-corrected chi connectivity index (χ2v) is 6.55. The number of halogens is 6. The summed E-state index contributed by atoms with van der Waals surface area (Å²) < 4.78 is 98.8. The van der Waals surface area contributed by atoms with Crippen LogP contribution in [0.1, 0.15) is 10.4 Å². The number of carbonyl (C=O) groups excluding carboxylic acids is 1. The Labute approximate surface area is 134 Å². The van der Waals surface area contributed by atoms with Crippen LogP contribution < -0.4 is 0 Å². The molecule has 0 N–H and O–H groups in total. The minimum absolute atomic E-state index is 0.388. The predicted molar refractivity (Wildman–Crippen MR) is 69.1 cm³/mol. The Bertz CT molecular complexity index is 673. The normalized spacial score (nSPS) is 14.5. The first-order chi connectivity index (χ1) is 9.76. The number of hydrogen-bond donors (Lipinski definition) is 0. The van der Waals surface area contributed by atoms with E-state index in [1.807, 2.05) is 0 Å². The third-order valence-electron chi connectivity index (χ3n) is 2.22. The van der Waals surface area contributed by atoms with E-state index in [-0.39, 0.29) is 0 Å². The maximum absolute atomic E-state index is 13.1. The Kier molecular flexibility index (Phi) is 5.39. The molecule has 0 aromatic heterocycles. The van der Waals surface area contributed by atoms with E-state index in [0.717, 1.165) is 12.1 Å². The quantitative estimate of drug-likeness (QED) is 0.299. The summed E-state index contributed by atoms with van der Waals surface area (Å²) in [6, 6.07) is 4.70. The van der Waals surface area contributed by atoms with Crippen molar-refractivity contribution in [1.82, 2.24) is 0 Å². The molecule has 0 aliphatic rings. The van der Waals surface area contributed by atoms with Gasteiger partial charge >= 0.3 is 17.4 Å². The van der Waals surface area contributed by atoms with Crippen LogP contribution in [0.4, 0.5) is 22.0 Å². The molecule has 0 saturated heterocycles. The third kappa shape index (κ3) is 4.25. The second kappa shape index (κ2) is 6.23. The van der Waals surface area contributed by atoms with E-state index in [1.165, 1.54) is 12.1 Å². The van der Waals surface area contributed by atoms with Gasteiger partial charge in [-0.25, -0.2) is 13.2 Å². The van der Waals surface area contributed by atoms with Gasteiger partial charge in [0.25, 0.3) is 6.10 Å². The van der Waals surface area contributed by atoms with E-state index in [9.17, 15) is 39.7 Å². The Hall–Kier alpha value is -1.02. The maximum atomic E-state index is 13.1. The zero-order valence-electron chi connectivity index (χ0n) is 10.1. The number of ether oxygens (including phenoxy) is 1. The van der Waals surface area contributed by atoms with Gasteiger partial charge in [-0.15, -0.1) is 0 Å². The molecule has 0 fully saturated rings. The van der Waals surface area contributed by atoms with Crippen LogP contribution in [0.15, 0.2) is 24.3 Å². The lowest BCUT2D eigenvalue weighted by molar-refractivity contribution is -0.248. The van der Waals surface area contributed by atoms with Crippen molar-refractivity contribution in [2.75, 3.05) is 0 Å². The van der Waals surface area contributed by atoms with Crippen molar-refractivity contribution in [3.05, 3.63) is 33.4 Å². The predicted octanol–water partition coefficient (Wildman–Crippen LogP) is 2.52. The molecule has 1 aromatic rings. The highest BCUT2D eigenvalue weighted by Crippen LogP contribution is 2.38. The molecule has 0 amide bonds. The Morgan fingerprint density at radius 2 is 1.77 bits per heavy atom. The molecule has 22 heavy (non-hydrogen) atoms. The van der Waals surface area contributed by atoms with Crippen molar-refractivity contribution in [3.63, 3.8) is 0 Å². The van der Waals surface area contributed by atoms with Crippen LogP contribution >= 0.6 is 22.6 Å². The monoisotopic (exact) mass is 459 g/mol.